The first-order valence-corrected chi connectivity index (χ1v) is 10.5. The quantitative estimate of drug-likeness (QED) is 0.632. The number of likely N-dealkylation sites (tertiary alicyclic amines) is 1. The third-order valence-electron chi connectivity index (χ3n) is 5.06. The maximum absolute atomic E-state index is 12.8. The Morgan fingerprint density at radius 3 is 2.00 bits per heavy atom. The van der Waals surface area contributed by atoms with Crippen molar-refractivity contribution in [2.45, 2.75) is 58.7 Å². The Morgan fingerprint density at radius 2 is 1.50 bits per heavy atom. The van der Waals surface area contributed by atoms with Crippen molar-refractivity contribution in [1.82, 2.24) is 20.9 Å². The van der Waals surface area contributed by atoms with E-state index >= 15 is 0 Å². The molecule has 30 heavy (non-hydrogen) atoms. The van der Waals surface area contributed by atoms with Crippen LogP contribution in [0.2, 0.25) is 0 Å². The molecule has 3 N–H and O–H groups in total. The molecule has 1 heterocycles. The fourth-order valence-electron chi connectivity index (χ4n) is 3.51. The average molecular weight is 419 g/mol. The van der Waals surface area contributed by atoms with Crippen LogP contribution < -0.4 is 20.7 Å². The van der Waals surface area contributed by atoms with Crippen molar-refractivity contribution in [2.75, 3.05) is 20.2 Å². The first-order chi connectivity index (χ1) is 14.2. The number of nitrogens with one attached hydrogen (secondary N) is 3. The Bertz CT molecular complexity index is 725. The van der Waals surface area contributed by atoms with Gasteiger partial charge in [-0.05, 0) is 70.7 Å². The molecule has 4 amide bonds. The normalized spacial score (nSPS) is 15.6. The summed E-state index contributed by atoms with van der Waals surface area (Å²) in [4.78, 5) is 39.6. The van der Waals surface area contributed by atoms with E-state index in [1.165, 1.54) is 0 Å². The molecule has 1 fully saturated rings. The van der Waals surface area contributed by atoms with Gasteiger partial charge in [0.2, 0.25) is 5.91 Å². The summed E-state index contributed by atoms with van der Waals surface area (Å²) in [6, 6.07) is 6.06. The predicted octanol–water partition coefficient (Wildman–Crippen LogP) is 2.15. The van der Waals surface area contributed by atoms with Crippen LogP contribution in [0.1, 0.15) is 50.9 Å². The summed E-state index contributed by atoms with van der Waals surface area (Å²) < 4.78 is 5.13. The minimum atomic E-state index is -0.655. The monoisotopic (exact) mass is 418 g/mol. The van der Waals surface area contributed by atoms with Gasteiger partial charge in [-0.1, -0.05) is 0 Å². The van der Waals surface area contributed by atoms with E-state index in [0.29, 0.717) is 37.2 Å². The zero-order valence-corrected chi connectivity index (χ0v) is 18.5. The summed E-state index contributed by atoms with van der Waals surface area (Å²) in [5.41, 5.74) is 0.465. The molecule has 0 aliphatic carbocycles. The summed E-state index contributed by atoms with van der Waals surface area (Å²) in [6.45, 7) is 8.72. The highest BCUT2D eigenvalue weighted by molar-refractivity contribution is 5.97. The van der Waals surface area contributed by atoms with Crippen molar-refractivity contribution in [3.63, 3.8) is 0 Å². The van der Waals surface area contributed by atoms with Gasteiger partial charge in [-0.15, -0.1) is 0 Å². The number of hydrogen-bond donors (Lipinski definition) is 3. The Kier molecular flexibility index (Phi) is 8.50. The molecule has 1 aromatic carbocycles. The van der Waals surface area contributed by atoms with E-state index in [4.69, 9.17) is 4.74 Å². The number of benzene rings is 1. The van der Waals surface area contributed by atoms with E-state index in [1.807, 2.05) is 27.7 Å². The lowest BCUT2D eigenvalue weighted by Gasteiger charge is -2.36. The van der Waals surface area contributed by atoms with Crippen LogP contribution in [0.25, 0.3) is 0 Å². The minimum Gasteiger partial charge on any atom is -0.497 e. The smallest absolute Gasteiger partial charge is 0.317 e. The van der Waals surface area contributed by atoms with Crippen LogP contribution in [0.15, 0.2) is 24.3 Å². The molecule has 1 unspecified atom stereocenters. The number of ether oxygens (including phenoxy) is 1. The minimum absolute atomic E-state index is 0.0326. The molecule has 0 aromatic heterocycles. The van der Waals surface area contributed by atoms with Crippen molar-refractivity contribution < 1.29 is 19.1 Å². The average Bonchev–Trinajstić information content (AvgIpc) is 2.71. The summed E-state index contributed by atoms with van der Waals surface area (Å²) in [7, 11) is 1.56. The van der Waals surface area contributed by atoms with Gasteiger partial charge in [0.25, 0.3) is 5.91 Å². The second-order valence-corrected chi connectivity index (χ2v) is 8.27. The highest BCUT2D eigenvalue weighted by Gasteiger charge is 2.34. The number of piperidine rings is 1. The molecule has 0 spiro atoms. The van der Waals surface area contributed by atoms with Crippen LogP contribution in [-0.4, -0.2) is 61.1 Å². The number of nitrogens with zero attached hydrogens (tertiary/aromatic N) is 1. The topological polar surface area (TPSA) is 99.8 Å². The standard InChI is InChI=1S/C22H34N4O4/c1-14(2)23-21(28)19(25-20(27)17-6-8-18(30-5)9-7-17)16-10-12-26(13-11-16)22(29)24-15(3)4/h6-9,14-16,19H,10-13H2,1-5H3,(H,23,28)(H,24,29)(H,25,27). The van der Waals surface area contributed by atoms with E-state index in [1.54, 1.807) is 36.3 Å². The fourth-order valence-corrected chi connectivity index (χ4v) is 3.51. The van der Waals surface area contributed by atoms with Crippen LogP contribution in [-0.2, 0) is 4.79 Å². The number of rotatable bonds is 7. The third kappa shape index (κ3) is 6.64. The Hall–Kier alpha value is -2.77. The van der Waals surface area contributed by atoms with Gasteiger partial charge in [0, 0.05) is 30.7 Å². The molecule has 166 valence electrons. The molecular weight excluding hydrogens is 384 g/mol. The van der Waals surface area contributed by atoms with Gasteiger partial charge in [-0.3, -0.25) is 9.59 Å². The number of hydrogen-bond acceptors (Lipinski definition) is 4. The van der Waals surface area contributed by atoms with Crippen molar-refractivity contribution >= 4 is 17.8 Å². The molecule has 1 aliphatic rings. The zero-order chi connectivity index (χ0) is 22.3. The first kappa shape index (κ1) is 23.5. The first-order valence-electron chi connectivity index (χ1n) is 10.5. The molecule has 1 aromatic rings. The number of amides is 4. The lowest BCUT2D eigenvalue weighted by Crippen LogP contribution is -2.55. The van der Waals surface area contributed by atoms with E-state index in [9.17, 15) is 14.4 Å². The Morgan fingerprint density at radius 1 is 0.933 bits per heavy atom. The molecule has 1 saturated heterocycles. The second-order valence-electron chi connectivity index (χ2n) is 8.27. The number of carbonyl (C=O) groups excluding carboxylic acids is 3. The molecular formula is C22H34N4O4. The fraction of sp³-hybridized carbons (Fsp3) is 0.591. The summed E-state index contributed by atoms with van der Waals surface area (Å²) >= 11 is 0. The lowest BCUT2D eigenvalue weighted by molar-refractivity contribution is -0.125. The largest absolute Gasteiger partial charge is 0.497 e. The SMILES string of the molecule is COc1ccc(C(=O)NC(C(=O)NC(C)C)C2CCN(C(=O)NC(C)C)CC2)cc1. The molecule has 0 bridgehead atoms. The summed E-state index contributed by atoms with van der Waals surface area (Å²) in [5.74, 6) is 0.111. The van der Waals surface area contributed by atoms with Gasteiger partial charge < -0.3 is 25.6 Å². The molecule has 8 nitrogen and oxygen atoms in total. The number of methoxy groups -OCH3 is 1. The lowest BCUT2D eigenvalue weighted by atomic mass is 9.88. The Balaban J connectivity index is 2.07. The van der Waals surface area contributed by atoms with Crippen LogP contribution in [0.5, 0.6) is 5.75 Å². The maximum atomic E-state index is 12.8. The summed E-state index contributed by atoms with van der Waals surface area (Å²) in [5, 5.41) is 8.72. The predicted molar refractivity (Wildman–Crippen MR) is 115 cm³/mol. The zero-order valence-electron chi connectivity index (χ0n) is 18.5. The van der Waals surface area contributed by atoms with Crippen molar-refractivity contribution in [3.05, 3.63) is 29.8 Å². The van der Waals surface area contributed by atoms with E-state index in [-0.39, 0.29) is 35.8 Å². The third-order valence-corrected chi connectivity index (χ3v) is 5.06. The van der Waals surface area contributed by atoms with Gasteiger partial charge in [0.1, 0.15) is 11.8 Å². The Labute approximate surface area is 178 Å². The highest BCUT2D eigenvalue weighted by Crippen LogP contribution is 2.22. The van der Waals surface area contributed by atoms with Crippen molar-refractivity contribution in [1.29, 1.82) is 0 Å². The van der Waals surface area contributed by atoms with E-state index in [2.05, 4.69) is 16.0 Å². The number of carbonyl (C=O) groups is 3. The molecule has 0 saturated carbocycles. The van der Waals surface area contributed by atoms with E-state index < -0.39 is 6.04 Å². The van der Waals surface area contributed by atoms with Crippen LogP contribution in [0.3, 0.4) is 0 Å². The van der Waals surface area contributed by atoms with Crippen molar-refractivity contribution in [2.24, 2.45) is 5.92 Å². The van der Waals surface area contributed by atoms with Gasteiger partial charge in [0.05, 0.1) is 7.11 Å². The van der Waals surface area contributed by atoms with Crippen LogP contribution in [0.4, 0.5) is 4.79 Å². The molecule has 1 aliphatic heterocycles. The van der Waals surface area contributed by atoms with E-state index in [0.717, 1.165) is 0 Å². The van der Waals surface area contributed by atoms with Gasteiger partial charge in [-0.25, -0.2) is 4.79 Å². The van der Waals surface area contributed by atoms with Gasteiger partial charge in [0.15, 0.2) is 0 Å². The molecule has 1 atom stereocenters. The maximum Gasteiger partial charge on any atom is 0.317 e. The summed E-state index contributed by atoms with van der Waals surface area (Å²) in [6.07, 6.45) is 1.29. The highest BCUT2D eigenvalue weighted by atomic mass is 16.5. The van der Waals surface area contributed by atoms with Crippen LogP contribution >= 0.6 is 0 Å². The van der Waals surface area contributed by atoms with Gasteiger partial charge in [-0.2, -0.15) is 0 Å². The molecule has 8 heteroatoms. The molecule has 2 rings (SSSR count). The van der Waals surface area contributed by atoms with Crippen molar-refractivity contribution in [3.8, 4) is 5.75 Å². The second kappa shape index (κ2) is 10.8. The number of urea groups is 1. The molecule has 0 radical (unpaired) electrons. The van der Waals surface area contributed by atoms with Gasteiger partial charge >= 0.3 is 6.03 Å². The van der Waals surface area contributed by atoms with Crippen LogP contribution in [0, 0.1) is 5.92 Å².